The van der Waals surface area contributed by atoms with Gasteiger partial charge in [0.05, 0.1) is 11.3 Å². The van der Waals surface area contributed by atoms with Gasteiger partial charge in [0.1, 0.15) is 0 Å². The Labute approximate surface area is 127 Å². The SMILES string of the molecule is CCC1(CC)CN(CC(=O)Nc2cccnn2)CCS1=O. The van der Waals surface area contributed by atoms with Crippen molar-refractivity contribution in [1.82, 2.24) is 15.1 Å². The maximum absolute atomic E-state index is 12.3. The van der Waals surface area contributed by atoms with E-state index in [1.54, 1.807) is 18.3 Å². The molecule has 0 aliphatic carbocycles. The van der Waals surface area contributed by atoms with Crippen LogP contribution in [0.4, 0.5) is 5.82 Å². The first kappa shape index (κ1) is 16.0. The second kappa shape index (κ2) is 7.09. The molecule has 116 valence electrons. The van der Waals surface area contributed by atoms with Crippen molar-refractivity contribution in [2.75, 3.05) is 30.7 Å². The van der Waals surface area contributed by atoms with Crippen molar-refractivity contribution >= 4 is 22.5 Å². The van der Waals surface area contributed by atoms with E-state index in [9.17, 15) is 9.00 Å². The third kappa shape index (κ3) is 3.85. The molecule has 2 heterocycles. The summed E-state index contributed by atoms with van der Waals surface area (Å²) in [5.41, 5.74) is 0. The van der Waals surface area contributed by atoms with Gasteiger partial charge in [0.25, 0.3) is 0 Å². The fraction of sp³-hybridized carbons (Fsp3) is 0.643. The van der Waals surface area contributed by atoms with E-state index >= 15 is 0 Å². The van der Waals surface area contributed by atoms with Gasteiger partial charge in [0.15, 0.2) is 5.82 Å². The van der Waals surface area contributed by atoms with Crippen LogP contribution in [-0.2, 0) is 15.6 Å². The average Bonchev–Trinajstić information content (AvgIpc) is 2.50. The van der Waals surface area contributed by atoms with E-state index in [1.807, 2.05) is 0 Å². The molecule has 0 bridgehead atoms. The number of nitrogens with one attached hydrogen (secondary N) is 1. The van der Waals surface area contributed by atoms with Gasteiger partial charge in [-0.2, -0.15) is 5.10 Å². The molecule has 1 N–H and O–H groups in total. The summed E-state index contributed by atoms with van der Waals surface area (Å²) in [6.07, 6.45) is 3.31. The third-order valence-corrected chi connectivity index (χ3v) is 6.31. The van der Waals surface area contributed by atoms with E-state index in [2.05, 4.69) is 34.3 Å². The Hall–Kier alpha value is -1.34. The number of rotatable bonds is 5. The molecule has 1 aromatic rings. The molecule has 1 aliphatic rings. The van der Waals surface area contributed by atoms with Gasteiger partial charge in [-0.15, -0.1) is 5.10 Å². The summed E-state index contributed by atoms with van der Waals surface area (Å²) in [6.45, 7) is 5.85. The zero-order valence-corrected chi connectivity index (χ0v) is 13.4. The lowest BCUT2D eigenvalue weighted by molar-refractivity contribution is -0.117. The largest absolute Gasteiger partial charge is 0.308 e. The molecular weight excluding hydrogens is 288 g/mol. The molecule has 1 aromatic heterocycles. The maximum atomic E-state index is 12.3. The van der Waals surface area contributed by atoms with Gasteiger partial charge in [-0.1, -0.05) is 13.8 Å². The van der Waals surface area contributed by atoms with Crippen LogP contribution >= 0.6 is 0 Å². The molecule has 1 saturated heterocycles. The van der Waals surface area contributed by atoms with E-state index < -0.39 is 10.8 Å². The summed E-state index contributed by atoms with van der Waals surface area (Å²) in [5.74, 6) is 0.990. The van der Waals surface area contributed by atoms with Gasteiger partial charge in [-0.05, 0) is 25.0 Å². The standard InChI is InChI=1S/C14H22N4O2S/c1-3-14(4-2)11-18(8-9-21(14)20)10-13(19)16-12-6-5-7-15-17-12/h5-7H,3-4,8-11H2,1-2H3,(H,16,17,19). The smallest absolute Gasteiger partial charge is 0.239 e. The third-order valence-electron chi connectivity index (χ3n) is 4.08. The molecule has 1 amide bonds. The van der Waals surface area contributed by atoms with E-state index in [0.29, 0.717) is 31.2 Å². The van der Waals surface area contributed by atoms with Crippen molar-refractivity contribution in [2.45, 2.75) is 31.4 Å². The molecule has 1 aliphatic heterocycles. The molecule has 7 heteroatoms. The lowest BCUT2D eigenvalue weighted by Gasteiger charge is -2.40. The first-order valence-electron chi connectivity index (χ1n) is 7.28. The number of carbonyl (C=O) groups excluding carboxylic acids is 1. The van der Waals surface area contributed by atoms with Crippen LogP contribution in [0.3, 0.4) is 0 Å². The van der Waals surface area contributed by atoms with Gasteiger partial charge in [-0.25, -0.2) is 0 Å². The monoisotopic (exact) mass is 310 g/mol. The number of anilines is 1. The summed E-state index contributed by atoms with van der Waals surface area (Å²) >= 11 is 0. The zero-order valence-electron chi connectivity index (χ0n) is 12.5. The topological polar surface area (TPSA) is 75.2 Å². The molecular formula is C14H22N4O2S. The van der Waals surface area contributed by atoms with Crippen LogP contribution in [0.15, 0.2) is 18.3 Å². The Balaban J connectivity index is 1.94. The Kier molecular flexibility index (Phi) is 5.41. The quantitative estimate of drug-likeness (QED) is 0.879. The first-order valence-corrected chi connectivity index (χ1v) is 8.60. The van der Waals surface area contributed by atoms with E-state index in [4.69, 9.17) is 0 Å². The van der Waals surface area contributed by atoms with Crippen molar-refractivity contribution in [3.63, 3.8) is 0 Å². The van der Waals surface area contributed by atoms with Gasteiger partial charge < -0.3 is 5.32 Å². The van der Waals surface area contributed by atoms with Crippen LogP contribution in [0.1, 0.15) is 26.7 Å². The number of amides is 1. The Morgan fingerprint density at radius 3 is 2.86 bits per heavy atom. The molecule has 2 rings (SSSR count). The maximum Gasteiger partial charge on any atom is 0.239 e. The van der Waals surface area contributed by atoms with Crippen molar-refractivity contribution < 1.29 is 9.00 Å². The zero-order chi connectivity index (χ0) is 15.3. The number of carbonyl (C=O) groups is 1. The summed E-state index contributed by atoms with van der Waals surface area (Å²) in [7, 11) is -0.806. The van der Waals surface area contributed by atoms with Crippen LogP contribution in [0.2, 0.25) is 0 Å². The average molecular weight is 310 g/mol. The minimum absolute atomic E-state index is 0.107. The van der Waals surface area contributed by atoms with Gasteiger partial charge in [0, 0.05) is 35.8 Å². The van der Waals surface area contributed by atoms with E-state index in [0.717, 1.165) is 12.8 Å². The number of hydrogen-bond acceptors (Lipinski definition) is 5. The fourth-order valence-corrected chi connectivity index (χ4v) is 4.50. The van der Waals surface area contributed by atoms with E-state index in [1.165, 1.54) is 0 Å². The highest BCUT2D eigenvalue weighted by atomic mass is 32.2. The van der Waals surface area contributed by atoms with Crippen LogP contribution < -0.4 is 5.32 Å². The van der Waals surface area contributed by atoms with Crippen molar-refractivity contribution in [2.24, 2.45) is 0 Å². The molecule has 6 nitrogen and oxygen atoms in total. The number of aromatic nitrogens is 2. The Morgan fingerprint density at radius 2 is 2.24 bits per heavy atom. The van der Waals surface area contributed by atoms with Crippen LogP contribution in [0.5, 0.6) is 0 Å². The van der Waals surface area contributed by atoms with Crippen LogP contribution in [-0.4, -0.2) is 55.3 Å². The van der Waals surface area contributed by atoms with Crippen molar-refractivity contribution in [3.8, 4) is 0 Å². The van der Waals surface area contributed by atoms with Crippen LogP contribution in [0, 0.1) is 0 Å². The minimum Gasteiger partial charge on any atom is -0.308 e. The fourth-order valence-electron chi connectivity index (χ4n) is 2.67. The van der Waals surface area contributed by atoms with E-state index in [-0.39, 0.29) is 10.7 Å². The highest BCUT2D eigenvalue weighted by Crippen LogP contribution is 2.28. The molecule has 1 unspecified atom stereocenters. The highest BCUT2D eigenvalue weighted by molar-refractivity contribution is 7.86. The summed E-state index contributed by atoms with van der Waals surface area (Å²) < 4.78 is 12.1. The van der Waals surface area contributed by atoms with Crippen molar-refractivity contribution in [1.29, 1.82) is 0 Å². The molecule has 1 atom stereocenters. The minimum atomic E-state index is -0.806. The number of nitrogens with zero attached hydrogens (tertiary/aromatic N) is 3. The molecule has 0 aromatic carbocycles. The predicted octanol–water partition coefficient (Wildman–Crippen LogP) is 1.04. The normalized spacial score (nSPS) is 21.9. The highest BCUT2D eigenvalue weighted by Gasteiger charge is 2.39. The summed E-state index contributed by atoms with van der Waals surface area (Å²) in [5, 5.41) is 10.3. The van der Waals surface area contributed by atoms with Crippen molar-refractivity contribution in [3.05, 3.63) is 18.3 Å². The molecule has 1 fully saturated rings. The molecule has 0 saturated carbocycles. The second-order valence-electron chi connectivity index (χ2n) is 5.31. The summed E-state index contributed by atoms with van der Waals surface area (Å²) in [4.78, 5) is 14.1. The second-order valence-corrected chi connectivity index (χ2v) is 7.27. The van der Waals surface area contributed by atoms with Gasteiger partial charge in [0.2, 0.25) is 5.91 Å². The molecule has 0 radical (unpaired) electrons. The predicted molar refractivity (Wildman–Crippen MR) is 83.4 cm³/mol. The first-order chi connectivity index (χ1) is 10.1. The molecule has 0 spiro atoms. The Morgan fingerprint density at radius 1 is 1.48 bits per heavy atom. The lowest BCUT2D eigenvalue weighted by atomic mass is 10.0. The summed E-state index contributed by atoms with van der Waals surface area (Å²) in [6, 6.07) is 3.43. The molecule has 21 heavy (non-hydrogen) atoms. The lowest BCUT2D eigenvalue weighted by Crippen LogP contribution is -2.54. The van der Waals surface area contributed by atoms with Crippen LogP contribution in [0.25, 0.3) is 0 Å². The Bertz CT molecular complexity index is 505. The van der Waals surface area contributed by atoms with Gasteiger partial charge in [-0.3, -0.25) is 13.9 Å². The number of hydrogen-bond donors (Lipinski definition) is 1. The van der Waals surface area contributed by atoms with Gasteiger partial charge >= 0.3 is 0 Å².